The average molecular weight is 236 g/mol. The van der Waals surface area contributed by atoms with Gasteiger partial charge in [-0.15, -0.1) is 0 Å². The van der Waals surface area contributed by atoms with Crippen molar-refractivity contribution in [1.29, 1.82) is 5.26 Å². The molecule has 0 aliphatic heterocycles. The maximum Gasteiger partial charge on any atom is 0.314 e. The first-order chi connectivity index (χ1) is 8.13. The Morgan fingerprint density at radius 2 is 1.88 bits per heavy atom. The van der Waals surface area contributed by atoms with Gasteiger partial charge in [0.15, 0.2) is 5.75 Å². The van der Waals surface area contributed by atoms with Crippen LogP contribution in [0, 0.1) is 21.4 Å². The highest BCUT2D eigenvalue weighted by molar-refractivity contribution is 5.58. The number of nitrogens with zero attached hydrogens (tertiary/aromatic N) is 2. The Bertz CT molecular complexity index is 465. The third-order valence-electron chi connectivity index (χ3n) is 1.98. The van der Waals surface area contributed by atoms with Gasteiger partial charge in [-0.1, -0.05) is 0 Å². The molecule has 1 aromatic carbocycles. The molecule has 17 heavy (non-hydrogen) atoms. The fourth-order valence-electron chi connectivity index (χ4n) is 1.33. The summed E-state index contributed by atoms with van der Waals surface area (Å²) in [6.07, 6.45) is 0. The molecule has 0 unspecified atom stereocenters. The van der Waals surface area contributed by atoms with Gasteiger partial charge in [-0.3, -0.25) is 10.1 Å². The maximum absolute atomic E-state index is 10.8. The monoisotopic (exact) mass is 236 g/mol. The summed E-state index contributed by atoms with van der Waals surface area (Å²) < 4.78 is 10.3. The van der Waals surface area contributed by atoms with Gasteiger partial charge in [0, 0.05) is 6.07 Å². The highest BCUT2D eigenvalue weighted by Crippen LogP contribution is 2.34. The van der Waals surface area contributed by atoms with Crippen molar-refractivity contribution in [1.82, 2.24) is 0 Å². The number of hydrogen-bond acceptors (Lipinski definition) is 5. The smallest absolute Gasteiger partial charge is 0.314 e. The molecule has 1 aromatic rings. The van der Waals surface area contributed by atoms with Crippen LogP contribution in [0.3, 0.4) is 0 Å². The quantitative estimate of drug-likeness (QED) is 0.578. The molecule has 6 nitrogen and oxygen atoms in total. The molecule has 0 aliphatic rings. The number of hydrogen-bond donors (Lipinski definition) is 0. The minimum atomic E-state index is -0.561. The number of benzene rings is 1. The van der Waals surface area contributed by atoms with Crippen molar-refractivity contribution in [2.45, 2.75) is 13.8 Å². The summed E-state index contributed by atoms with van der Waals surface area (Å²) in [6.45, 7) is 4.08. The third-order valence-corrected chi connectivity index (χ3v) is 1.98. The van der Waals surface area contributed by atoms with E-state index in [1.807, 2.05) is 6.07 Å². The lowest BCUT2D eigenvalue weighted by Crippen LogP contribution is -2.01. The molecular formula is C11H12N2O4. The molecule has 90 valence electrons. The van der Waals surface area contributed by atoms with Crippen LogP contribution >= 0.6 is 0 Å². The Morgan fingerprint density at radius 3 is 2.35 bits per heavy atom. The Labute approximate surface area is 98.5 Å². The van der Waals surface area contributed by atoms with Crippen molar-refractivity contribution in [3.8, 4) is 17.6 Å². The lowest BCUT2D eigenvalue weighted by Gasteiger charge is -2.08. The summed E-state index contributed by atoms with van der Waals surface area (Å²) in [5.41, 5.74) is 0.0233. The minimum absolute atomic E-state index is 0.0810. The summed E-state index contributed by atoms with van der Waals surface area (Å²) in [6, 6.07) is 4.46. The summed E-state index contributed by atoms with van der Waals surface area (Å²) in [5.74, 6) is 0.280. The van der Waals surface area contributed by atoms with Crippen molar-refractivity contribution in [3.63, 3.8) is 0 Å². The van der Waals surface area contributed by atoms with Crippen LogP contribution in [-0.4, -0.2) is 18.1 Å². The summed E-state index contributed by atoms with van der Waals surface area (Å²) in [5, 5.41) is 19.8. The molecule has 0 aromatic heterocycles. The van der Waals surface area contributed by atoms with Gasteiger partial charge in [0.05, 0.1) is 29.8 Å². The maximum atomic E-state index is 10.8. The molecule has 0 aliphatic carbocycles. The summed E-state index contributed by atoms with van der Waals surface area (Å²) >= 11 is 0. The van der Waals surface area contributed by atoms with Gasteiger partial charge in [-0.25, -0.2) is 0 Å². The van der Waals surface area contributed by atoms with Gasteiger partial charge >= 0.3 is 5.69 Å². The van der Waals surface area contributed by atoms with E-state index in [0.717, 1.165) is 0 Å². The van der Waals surface area contributed by atoms with Crippen molar-refractivity contribution < 1.29 is 14.4 Å². The molecule has 0 saturated carbocycles. The molecule has 0 bridgehead atoms. The van der Waals surface area contributed by atoms with Gasteiger partial charge in [-0.05, 0) is 13.8 Å². The summed E-state index contributed by atoms with van der Waals surface area (Å²) in [7, 11) is 0. The third kappa shape index (κ3) is 2.84. The van der Waals surface area contributed by atoms with E-state index in [4.69, 9.17) is 14.7 Å². The van der Waals surface area contributed by atoms with E-state index in [0.29, 0.717) is 13.2 Å². The highest BCUT2D eigenvalue weighted by atomic mass is 16.6. The number of rotatable bonds is 5. The number of nitriles is 1. The van der Waals surface area contributed by atoms with Crippen LogP contribution in [0.15, 0.2) is 12.1 Å². The van der Waals surface area contributed by atoms with Crippen LogP contribution in [0.4, 0.5) is 5.69 Å². The van der Waals surface area contributed by atoms with Crippen molar-refractivity contribution >= 4 is 5.69 Å². The van der Waals surface area contributed by atoms with Crippen molar-refractivity contribution in [2.75, 3.05) is 13.2 Å². The van der Waals surface area contributed by atoms with Gasteiger partial charge in [0.25, 0.3) is 0 Å². The molecule has 6 heteroatoms. The Kier molecular flexibility index (Phi) is 4.29. The molecule has 0 N–H and O–H groups in total. The lowest BCUT2D eigenvalue weighted by molar-refractivity contribution is -0.385. The molecular weight excluding hydrogens is 224 g/mol. The zero-order valence-electron chi connectivity index (χ0n) is 9.60. The van der Waals surface area contributed by atoms with Gasteiger partial charge in [0.1, 0.15) is 11.8 Å². The van der Waals surface area contributed by atoms with E-state index in [2.05, 4.69) is 0 Å². The predicted molar refractivity (Wildman–Crippen MR) is 60.1 cm³/mol. The van der Waals surface area contributed by atoms with E-state index in [1.165, 1.54) is 12.1 Å². The molecule has 0 amide bonds. The highest BCUT2D eigenvalue weighted by Gasteiger charge is 2.20. The van der Waals surface area contributed by atoms with Crippen molar-refractivity contribution in [3.05, 3.63) is 27.8 Å². The van der Waals surface area contributed by atoms with Crippen LogP contribution in [0.25, 0.3) is 0 Å². The first-order valence-electron chi connectivity index (χ1n) is 5.12. The van der Waals surface area contributed by atoms with E-state index in [-0.39, 0.29) is 22.7 Å². The van der Waals surface area contributed by atoms with Gasteiger partial charge in [0.2, 0.25) is 0 Å². The molecule has 0 heterocycles. The fraction of sp³-hybridized carbons (Fsp3) is 0.364. The topological polar surface area (TPSA) is 85.4 Å². The van der Waals surface area contributed by atoms with Gasteiger partial charge < -0.3 is 9.47 Å². The minimum Gasteiger partial charge on any atom is -0.492 e. The first-order valence-corrected chi connectivity index (χ1v) is 5.12. The molecule has 0 fully saturated rings. The number of nitro benzene ring substituents is 1. The van der Waals surface area contributed by atoms with Gasteiger partial charge in [-0.2, -0.15) is 5.26 Å². The standard InChI is InChI=1S/C11H12N2O4/c1-3-16-10-6-9(13(14)15)11(17-4-2)5-8(10)7-12/h5-6H,3-4H2,1-2H3. The van der Waals surface area contributed by atoms with Crippen LogP contribution < -0.4 is 9.47 Å². The molecule has 1 rings (SSSR count). The Hall–Kier alpha value is -2.29. The second kappa shape index (κ2) is 5.70. The van der Waals surface area contributed by atoms with Crippen LogP contribution in [0.2, 0.25) is 0 Å². The molecule has 0 saturated heterocycles. The average Bonchev–Trinajstić information content (AvgIpc) is 2.30. The van der Waals surface area contributed by atoms with E-state index in [1.54, 1.807) is 13.8 Å². The fourth-order valence-corrected chi connectivity index (χ4v) is 1.33. The van der Waals surface area contributed by atoms with Crippen LogP contribution in [-0.2, 0) is 0 Å². The van der Waals surface area contributed by atoms with E-state index < -0.39 is 4.92 Å². The molecule has 0 atom stereocenters. The zero-order valence-corrected chi connectivity index (χ0v) is 9.60. The van der Waals surface area contributed by atoms with E-state index in [9.17, 15) is 10.1 Å². The normalized spacial score (nSPS) is 9.47. The zero-order chi connectivity index (χ0) is 12.8. The largest absolute Gasteiger partial charge is 0.492 e. The second-order valence-electron chi connectivity index (χ2n) is 3.05. The first kappa shape index (κ1) is 12.8. The molecule has 0 radical (unpaired) electrons. The van der Waals surface area contributed by atoms with Crippen LogP contribution in [0.5, 0.6) is 11.5 Å². The summed E-state index contributed by atoms with van der Waals surface area (Å²) in [4.78, 5) is 10.3. The second-order valence-corrected chi connectivity index (χ2v) is 3.05. The lowest BCUT2D eigenvalue weighted by atomic mass is 10.2. The Morgan fingerprint density at radius 1 is 1.29 bits per heavy atom. The molecule has 0 spiro atoms. The van der Waals surface area contributed by atoms with Crippen LogP contribution in [0.1, 0.15) is 19.4 Å². The van der Waals surface area contributed by atoms with Crippen molar-refractivity contribution in [2.24, 2.45) is 0 Å². The predicted octanol–water partition coefficient (Wildman–Crippen LogP) is 2.26. The Balaban J connectivity index is 3.32. The SMILES string of the molecule is CCOc1cc([N+](=O)[O-])c(OCC)cc1C#N. The number of nitro groups is 1. The number of ether oxygens (including phenoxy) is 2. The van der Waals surface area contributed by atoms with E-state index >= 15 is 0 Å².